The number of halogens is 1. The first-order chi connectivity index (χ1) is 17.3. The molecule has 0 unspecified atom stereocenters. The van der Waals surface area contributed by atoms with Gasteiger partial charge in [0.15, 0.2) is 0 Å². The molecule has 1 N–H and O–H groups in total. The molecule has 3 aromatic rings. The Morgan fingerprint density at radius 1 is 1.19 bits per heavy atom. The Kier molecular flexibility index (Phi) is 6.26. The van der Waals surface area contributed by atoms with Crippen molar-refractivity contribution in [2.45, 2.75) is 44.2 Å². The molecule has 2 fully saturated rings. The number of nitrogens with zero attached hydrogens (tertiary/aromatic N) is 4. The summed E-state index contributed by atoms with van der Waals surface area (Å²) in [5.41, 5.74) is 0.468. The number of aliphatic imine (C=N–C) groups is 1. The van der Waals surface area contributed by atoms with Crippen LogP contribution in [0.2, 0.25) is 0 Å². The lowest BCUT2D eigenvalue weighted by molar-refractivity contribution is -0.384. The third-order valence-electron chi connectivity index (χ3n) is 6.77. The van der Waals surface area contributed by atoms with Crippen molar-refractivity contribution in [1.29, 1.82) is 0 Å². The van der Waals surface area contributed by atoms with Crippen LogP contribution < -0.4 is 10.3 Å². The molecule has 10 heteroatoms. The summed E-state index contributed by atoms with van der Waals surface area (Å²) in [5, 5.41) is 20.6. The molecule has 1 aliphatic carbocycles. The fourth-order valence-corrected chi connectivity index (χ4v) is 4.78. The van der Waals surface area contributed by atoms with Crippen molar-refractivity contribution < 1.29 is 19.2 Å². The van der Waals surface area contributed by atoms with Crippen molar-refractivity contribution in [1.82, 2.24) is 4.57 Å². The van der Waals surface area contributed by atoms with E-state index < -0.39 is 22.1 Å². The van der Waals surface area contributed by atoms with E-state index in [1.54, 1.807) is 29.0 Å². The first kappa shape index (κ1) is 23.7. The highest BCUT2D eigenvalue weighted by Gasteiger charge is 2.28. The maximum atomic E-state index is 15.4. The van der Waals surface area contributed by atoms with Crippen LogP contribution in [0.5, 0.6) is 0 Å². The van der Waals surface area contributed by atoms with Gasteiger partial charge in [-0.25, -0.2) is 9.18 Å². The number of aromatic nitrogens is 1. The minimum Gasteiger partial charge on any atom is -0.477 e. The van der Waals surface area contributed by atoms with Crippen molar-refractivity contribution >= 4 is 34.5 Å². The second kappa shape index (κ2) is 9.52. The molecule has 9 nitrogen and oxygen atoms in total. The summed E-state index contributed by atoms with van der Waals surface area (Å²) >= 11 is 0. The van der Waals surface area contributed by atoms with Crippen molar-refractivity contribution in [3.05, 3.63) is 79.9 Å². The first-order valence-electron chi connectivity index (χ1n) is 12.0. The Morgan fingerprint density at radius 2 is 2.00 bits per heavy atom. The molecule has 36 heavy (non-hydrogen) atoms. The Bertz CT molecular complexity index is 1450. The molecule has 0 amide bonds. The zero-order chi connectivity index (χ0) is 25.4. The maximum absolute atomic E-state index is 15.4. The number of carboxylic acid groups (broad SMARTS) is 1. The number of fused-ring (bicyclic) bond motifs is 1. The van der Waals surface area contributed by atoms with E-state index in [1.165, 1.54) is 18.3 Å². The van der Waals surface area contributed by atoms with Gasteiger partial charge >= 0.3 is 5.97 Å². The minimum absolute atomic E-state index is 0.00700. The summed E-state index contributed by atoms with van der Waals surface area (Å²) in [5.74, 6) is -1.90. The van der Waals surface area contributed by atoms with Crippen LogP contribution in [0.1, 0.15) is 54.1 Å². The lowest BCUT2D eigenvalue weighted by Gasteiger charge is -2.26. The maximum Gasteiger partial charge on any atom is 0.341 e. The summed E-state index contributed by atoms with van der Waals surface area (Å²) in [4.78, 5) is 41.5. The normalized spacial score (nSPS) is 18.5. The van der Waals surface area contributed by atoms with Crippen LogP contribution in [0.3, 0.4) is 0 Å². The number of non-ortho nitro benzene ring substituents is 1. The molecule has 1 saturated carbocycles. The second-order valence-corrected chi connectivity index (χ2v) is 9.36. The van der Waals surface area contributed by atoms with Crippen LogP contribution in [0.15, 0.2) is 52.4 Å². The number of rotatable bonds is 6. The van der Waals surface area contributed by atoms with E-state index in [-0.39, 0.29) is 28.7 Å². The number of aromatic carboxylic acids is 1. The average molecular weight is 493 g/mol. The molecule has 2 aliphatic rings. The van der Waals surface area contributed by atoms with Crippen molar-refractivity contribution in [2.75, 3.05) is 18.0 Å². The molecule has 186 valence electrons. The largest absolute Gasteiger partial charge is 0.477 e. The lowest BCUT2D eigenvalue weighted by atomic mass is 10.1. The number of hydrogen-bond acceptors (Lipinski definition) is 6. The number of pyridine rings is 1. The van der Waals surface area contributed by atoms with E-state index >= 15 is 4.39 Å². The van der Waals surface area contributed by atoms with Gasteiger partial charge in [-0.15, -0.1) is 0 Å². The molecule has 2 heterocycles. The molecule has 5 rings (SSSR count). The molecule has 1 atom stereocenters. The van der Waals surface area contributed by atoms with Gasteiger partial charge in [0.05, 0.1) is 22.2 Å². The monoisotopic (exact) mass is 492 g/mol. The highest BCUT2D eigenvalue weighted by molar-refractivity contribution is 5.93. The van der Waals surface area contributed by atoms with Crippen LogP contribution in [0.4, 0.5) is 15.8 Å². The van der Waals surface area contributed by atoms with E-state index in [0.717, 1.165) is 38.2 Å². The molecule has 1 aliphatic heterocycles. The van der Waals surface area contributed by atoms with Gasteiger partial charge in [-0.2, -0.15) is 0 Å². The molecule has 1 aromatic heterocycles. The van der Waals surface area contributed by atoms with Crippen molar-refractivity contribution in [3.8, 4) is 0 Å². The summed E-state index contributed by atoms with van der Waals surface area (Å²) in [6.45, 7) is 1.07. The van der Waals surface area contributed by atoms with Crippen molar-refractivity contribution in [3.63, 3.8) is 0 Å². The van der Waals surface area contributed by atoms with E-state index in [2.05, 4.69) is 4.99 Å². The second-order valence-electron chi connectivity index (χ2n) is 9.36. The quantitative estimate of drug-likeness (QED) is 0.306. The Labute approximate surface area is 205 Å². The highest BCUT2D eigenvalue weighted by Crippen LogP contribution is 2.38. The standard InChI is InChI=1S/C26H25FN4O5/c27-22-11-20-23(30(18-7-8-18)15-21(25(20)32)26(33)34)12-24(22)29-9-2-1-5-17(14-29)28-13-16-4-3-6-19(10-16)31(35)36/h3-4,6,10-13,15,17-18H,1-2,5,7-9,14H2,(H,33,34)/b28-13+/t17-/m1/s1. The van der Waals surface area contributed by atoms with E-state index in [4.69, 9.17) is 0 Å². The highest BCUT2D eigenvalue weighted by atomic mass is 19.1. The predicted molar refractivity (Wildman–Crippen MR) is 134 cm³/mol. The first-order valence-corrected chi connectivity index (χ1v) is 12.0. The average Bonchev–Trinajstić information content (AvgIpc) is 3.71. The molecule has 0 bridgehead atoms. The third kappa shape index (κ3) is 4.71. The fraction of sp³-hybridized carbons (Fsp3) is 0.346. The molecule has 1 saturated heterocycles. The van der Waals surface area contributed by atoms with Crippen LogP contribution in [0.25, 0.3) is 10.9 Å². The van der Waals surface area contributed by atoms with Crippen LogP contribution in [0, 0.1) is 15.9 Å². The molecule has 0 spiro atoms. The Morgan fingerprint density at radius 3 is 2.72 bits per heavy atom. The number of carbonyl (C=O) groups is 1. The topological polar surface area (TPSA) is 118 Å². The van der Waals surface area contributed by atoms with E-state index in [9.17, 15) is 24.8 Å². The number of benzene rings is 2. The SMILES string of the molecule is O=C(O)c1cn(C2CC2)c2cc(N3CCCC[C@@H](/N=C/c4cccc([N+](=O)[O-])c4)C3)c(F)cc2c1=O. The number of nitro groups is 1. The zero-order valence-electron chi connectivity index (χ0n) is 19.5. The summed E-state index contributed by atoms with van der Waals surface area (Å²) < 4.78 is 17.1. The molecular formula is C26H25FN4O5. The van der Waals surface area contributed by atoms with Crippen molar-refractivity contribution in [2.24, 2.45) is 4.99 Å². The minimum atomic E-state index is -1.32. The van der Waals surface area contributed by atoms with Gasteiger partial charge in [0.25, 0.3) is 5.69 Å². The van der Waals surface area contributed by atoms with Gasteiger partial charge in [-0.3, -0.25) is 19.9 Å². The number of hydrogen-bond donors (Lipinski definition) is 1. The summed E-state index contributed by atoms with van der Waals surface area (Å²) in [7, 11) is 0. The van der Waals surface area contributed by atoms with E-state index in [0.29, 0.717) is 29.9 Å². The van der Waals surface area contributed by atoms with Gasteiger partial charge in [-0.05, 0) is 49.8 Å². The van der Waals surface area contributed by atoms with Gasteiger partial charge in [0, 0.05) is 49.1 Å². The summed E-state index contributed by atoms with van der Waals surface area (Å²) in [6.07, 6.45) is 7.29. The zero-order valence-corrected chi connectivity index (χ0v) is 19.5. The molecular weight excluding hydrogens is 467 g/mol. The summed E-state index contributed by atoms with van der Waals surface area (Å²) in [6, 6.07) is 9.02. The van der Waals surface area contributed by atoms with Crippen LogP contribution >= 0.6 is 0 Å². The molecule has 2 aromatic carbocycles. The van der Waals surface area contributed by atoms with Gasteiger partial charge in [0.2, 0.25) is 5.43 Å². The number of nitro benzene ring substituents is 1. The van der Waals surface area contributed by atoms with Crippen LogP contribution in [-0.4, -0.2) is 45.9 Å². The number of carboxylic acids is 1. The Hall–Kier alpha value is -4.08. The smallest absolute Gasteiger partial charge is 0.341 e. The van der Waals surface area contributed by atoms with E-state index in [1.807, 2.05) is 4.90 Å². The van der Waals surface area contributed by atoms with Gasteiger partial charge < -0.3 is 14.6 Å². The van der Waals surface area contributed by atoms with Gasteiger partial charge in [0.1, 0.15) is 11.4 Å². The third-order valence-corrected chi connectivity index (χ3v) is 6.77. The fourth-order valence-electron chi connectivity index (χ4n) is 4.78. The molecule has 0 radical (unpaired) electrons. The number of anilines is 1. The Balaban J connectivity index is 1.48. The van der Waals surface area contributed by atoms with Gasteiger partial charge in [-0.1, -0.05) is 12.1 Å². The van der Waals surface area contributed by atoms with Crippen LogP contribution in [-0.2, 0) is 0 Å². The lowest BCUT2D eigenvalue weighted by Crippen LogP contribution is -2.31. The predicted octanol–water partition coefficient (Wildman–Crippen LogP) is 4.56.